The van der Waals surface area contributed by atoms with E-state index in [1.54, 1.807) is 31.2 Å². The van der Waals surface area contributed by atoms with E-state index >= 15 is 0 Å². The summed E-state index contributed by atoms with van der Waals surface area (Å²) in [6.45, 7) is 2.10. The third kappa shape index (κ3) is 4.38. The van der Waals surface area contributed by atoms with Gasteiger partial charge in [0.2, 0.25) is 5.91 Å². The number of benzene rings is 1. The lowest BCUT2D eigenvalue weighted by Crippen LogP contribution is -2.49. The summed E-state index contributed by atoms with van der Waals surface area (Å²) in [7, 11) is 0. The van der Waals surface area contributed by atoms with E-state index in [1.807, 2.05) is 0 Å². The van der Waals surface area contributed by atoms with Crippen LogP contribution in [-0.2, 0) is 19.1 Å². The monoisotopic (exact) mass is 338 g/mol. The summed E-state index contributed by atoms with van der Waals surface area (Å²) in [4.78, 5) is 36.6. The number of hydrogen-bond donors (Lipinski definition) is 1. The van der Waals surface area contributed by atoms with E-state index in [4.69, 9.17) is 15.2 Å². The predicted molar refractivity (Wildman–Crippen MR) is 86.4 cm³/mol. The number of nitrogens with two attached hydrogens (primary N) is 1. The first-order chi connectivity index (χ1) is 11.0. The van der Waals surface area contributed by atoms with Crippen molar-refractivity contribution in [3.8, 4) is 5.75 Å². The molecule has 0 fully saturated rings. The first-order valence-corrected chi connectivity index (χ1v) is 8.27. The minimum Gasteiger partial charge on any atom is -0.477 e. The van der Waals surface area contributed by atoms with Crippen LogP contribution >= 0.6 is 11.8 Å². The van der Waals surface area contributed by atoms with Gasteiger partial charge in [0.05, 0.1) is 30.3 Å². The van der Waals surface area contributed by atoms with Crippen molar-refractivity contribution < 1.29 is 23.9 Å². The molecule has 1 heterocycles. The maximum atomic E-state index is 12.4. The standard InChI is InChI=1S/C15H18N2O5S/c1-2-21-14(19)9-23-8-13(18)17-7-12(15(16)20)22-11-6-4-3-5-10(11)17/h3-6,12H,2,7-9H2,1H3,(H2,16,20)/t12-/m0/s1. The number of thioether (sulfide) groups is 1. The van der Waals surface area contributed by atoms with E-state index in [0.29, 0.717) is 18.0 Å². The number of primary amides is 1. The minimum atomic E-state index is -0.885. The molecule has 1 aromatic carbocycles. The summed E-state index contributed by atoms with van der Waals surface area (Å²) in [5.74, 6) is -0.574. The van der Waals surface area contributed by atoms with Crippen LogP contribution in [0.3, 0.4) is 0 Å². The zero-order valence-electron chi connectivity index (χ0n) is 12.7. The molecule has 0 bridgehead atoms. The van der Waals surface area contributed by atoms with Gasteiger partial charge in [-0.05, 0) is 19.1 Å². The number of esters is 1. The van der Waals surface area contributed by atoms with E-state index in [1.165, 1.54) is 4.90 Å². The Labute approximate surface area is 138 Å². The molecule has 2 N–H and O–H groups in total. The molecule has 7 nitrogen and oxygen atoms in total. The molecule has 0 spiro atoms. The quantitative estimate of drug-likeness (QED) is 0.761. The van der Waals surface area contributed by atoms with E-state index in [-0.39, 0.29) is 29.9 Å². The van der Waals surface area contributed by atoms with Gasteiger partial charge in [-0.25, -0.2) is 0 Å². The number of anilines is 1. The number of rotatable bonds is 6. The third-order valence-corrected chi connectivity index (χ3v) is 4.03. The van der Waals surface area contributed by atoms with Gasteiger partial charge in [0, 0.05) is 0 Å². The molecular formula is C15H18N2O5S. The van der Waals surface area contributed by atoms with Gasteiger partial charge in [-0.2, -0.15) is 0 Å². The number of carbonyl (C=O) groups is 3. The smallest absolute Gasteiger partial charge is 0.315 e. The molecule has 0 saturated carbocycles. The maximum absolute atomic E-state index is 12.4. The van der Waals surface area contributed by atoms with Crippen LogP contribution in [0.5, 0.6) is 5.75 Å². The molecule has 23 heavy (non-hydrogen) atoms. The van der Waals surface area contributed by atoms with E-state index in [9.17, 15) is 14.4 Å². The molecule has 0 radical (unpaired) electrons. The highest BCUT2D eigenvalue weighted by atomic mass is 32.2. The van der Waals surface area contributed by atoms with Crippen LogP contribution in [0, 0.1) is 0 Å². The molecule has 0 saturated heterocycles. The zero-order valence-corrected chi connectivity index (χ0v) is 13.5. The SMILES string of the molecule is CCOC(=O)CSCC(=O)N1C[C@@H](C(N)=O)Oc2ccccc21. The van der Waals surface area contributed by atoms with Crippen LogP contribution in [0.2, 0.25) is 0 Å². The molecule has 1 aliphatic heterocycles. The average Bonchev–Trinajstić information content (AvgIpc) is 2.53. The summed E-state index contributed by atoms with van der Waals surface area (Å²) in [5, 5.41) is 0. The van der Waals surface area contributed by atoms with Crippen molar-refractivity contribution in [2.24, 2.45) is 5.73 Å². The summed E-state index contributed by atoms with van der Waals surface area (Å²) in [5.41, 5.74) is 5.88. The highest BCUT2D eigenvalue weighted by Gasteiger charge is 2.32. The molecule has 0 aliphatic carbocycles. The van der Waals surface area contributed by atoms with Crippen molar-refractivity contribution >= 4 is 35.2 Å². The summed E-state index contributed by atoms with van der Waals surface area (Å²) < 4.78 is 10.3. The van der Waals surface area contributed by atoms with E-state index in [0.717, 1.165) is 11.8 Å². The Balaban J connectivity index is 2.03. The van der Waals surface area contributed by atoms with Gasteiger partial charge in [-0.1, -0.05) is 12.1 Å². The Hall–Kier alpha value is -2.22. The number of hydrogen-bond acceptors (Lipinski definition) is 6. The fourth-order valence-corrected chi connectivity index (χ4v) is 2.80. The van der Waals surface area contributed by atoms with Crippen LogP contribution in [0.1, 0.15) is 6.92 Å². The van der Waals surface area contributed by atoms with Gasteiger partial charge < -0.3 is 20.1 Å². The highest BCUT2D eigenvalue weighted by Crippen LogP contribution is 2.33. The van der Waals surface area contributed by atoms with Gasteiger partial charge in [0.1, 0.15) is 5.75 Å². The van der Waals surface area contributed by atoms with Crippen LogP contribution < -0.4 is 15.4 Å². The fourth-order valence-electron chi connectivity index (χ4n) is 2.12. The van der Waals surface area contributed by atoms with Crippen molar-refractivity contribution in [3.05, 3.63) is 24.3 Å². The number of nitrogens with zero attached hydrogens (tertiary/aromatic N) is 1. The molecule has 2 amide bonds. The summed E-state index contributed by atoms with van der Waals surface area (Å²) in [6.07, 6.45) is -0.885. The first-order valence-electron chi connectivity index (χ1n) is 7.11. The van der Waals surface area contributed by atoms with Gasteiger partial charge in [0.15, 0.2) is 6.10 Å². The highest BCUT2D eigenvalue weighted by molar-refractivity contribution is 8.00. The van der Waals surface area contributed by atoms with Crippen LogP contribution in [0.15, 0.2) is 24.3 Å². The molecule has 1 aromatic rings. The second kappa shape index (κ2) is 7.87. The van der Waals surface area contributed by atoms with Crippen LogP contribution in [0.25, 0.3) is 0 Å². The van der Waals surface area contributed by atoms with Gasteiger partial charge >= 0.3 is 5.97 Å². The predicted octanol–water partition coefficient (Wildman–Crippen LogP) is 0.562. The normalized spacial score (nSPS) is 16.2. The summed E-state index contributed by atoms with van der Waals surface area (Å²) >= 11 is 1.16. The third-order valence-electron chi connectivity index (χ3n) is 3.14. The number of fused-ring (bicyclic) bond motifs is 1. The molecule has 0 unspecified atom stereocenters. The van der Waals surface area contributed by atoms with Gasteiger partial charge in [-0.15, -0.1) is 11.8 Å². The van der Waals surface area contributed by atoms with Crippen molar-refractivity contribution in [1.29, 1.82) is 0 Å². The Morgan fingerprint density at radius 3 is 2.78 bits per heavy atom. The Kier molecular flexibility index (Phi) is 5.86. The van der Waals surface area contributed by atoms with Crippen LogP contribution in [0.4, 0.5) is 5.69 Å². The average molecular weight is 338 g/mol. The fraction of sp³-hybridized carbons (Fsp3) is 0.400. The van der Waals surface area contributed by atoms with Crippen LogP contribution in [-0.4, -0.2) is 48.5 Å². The van der Waals surface area contributed by atoms with Crippen molar-refractivity contribution in [2.75, 3.05) is 29.6 Å². The lowest BCUT2D eigenvalue weighted by Gasteiger charge is -2.33. The molecule has 124 valence electrons. The number of amides is 2. The van der Waals surface area contributed by atoms with Crippen molar-refractivity contribution in [1.82, 2.24) is 0 Å². The van der Waals surface area contributed by atoms with Crippen molar-refractivity contribution in [2.45, 2.75) is 13.0 Å². The lowest BCUT2D eigenvalue weighted by atomic mass is 10.2. The molecule has 8 heteroatoms. The number of carbonyl (C=O) groups excluding carboxylic acids is 3. The largest absolute Gasteiger partial charge is 0.477 e. The molecule has 0 aromatic heterocycles. The Morgan fingerprint density at radius 2 is 2.09 bits per heavy atom. The van der Waals surface area contributed by atoms with E-state index in [2.05, 4.69) is 0 Å². The number of ether oxygens (including phenoxy) is 2. The van der Waals surface area contributed by atoms with Gasteiger partial charge in [0.25, 0.3) is 5.91 Å². The molecular weight excluding hydrogens is 320 g/mol. The Morgan fingerprint density at radius 1 is 1.35 bits per heavy atom. The summed E-state index contributed by atoms with van der Waals surface area (Å²) in [6, 6.07) is 6.94. The first kappa shape index (κ1) is 17.1. The molecule has 2 rings (SSSR count). The lowest BCUT2D eigenvalue weighted by molar-refractivity contribution is -0.139. The second-order valence-corrected chi connectivity index (χ2v) is 5.76. The second-order valence-electron chi connectivity index (χ2n) is 4.78. The zero-order chi connectivity index (χ0) is 16.8. The maximum Gasteiger partial charge on any atom is 0.315 e. The molecule has 1 aliphatic rings. The Bertz CT molecular complexity index is 607. The minimum absolute atomic E-state index is 0.0607. The van der Waals surface area contributed by atoms with E-state index < -0.39 is 12.0 Å². The van der Waals surface area contributed by atoms with Crippen molar-refractivity contribution in [3.63, 3.8) is 0 Å². The number of para-hydroxylation sites is 2. The molecule has 1 atom stereocenters. The topological polar surface area (TPSA) is 98.9 Å². The van der Waals surface area contributed by atoms with Gasteiger partial charge in [-0.3, -0.25) is 14.4 Å².